The molecule has 2 aromatic heterocycles. The van der Waals surface area contributed by atoms with Gasteiger partial charge in [0.1, 0.15) is 11.6 Å². The number of rotatable bonds is 3. The van der Waals surface area contributed by atoms with E-state index in [1.165, 1.54) is 11.8 Å². The van der Waals surface area contributed by atoms with Crippen LogP contribution in [0.3, 0.4) is 0 Å². The Morgan fingerprint density at radius 2 is 1.91 bits per heavy atom. The minimum Gasteiger partial charge on any atom is -0.383 e. The Morgan fingerprint density at radius 3 is 2.52 bits per heavy atom. The molecule has 3 fully saturated rings. The summed E-state index contributed by atoms with van der Waals surface area (Å²) in [5, 5.41) is 0. The Hall–Kier alpha value is -3.37. The highest BCUT2D eigenvalue weighted by Crippen LogP contribution is 2.43. The van der Waals surface area contributed by atoms with Crippen molar-refractivity contribution in [1.82, 2.24) is 19.9 Å². The number of nitrogen functional groups attached to an aromatic ring is 1. The van der Waals surface area contributed by atoms with Crippen LogP contribution < -0.4 is 15.5 Å². The average molecular weight is 457 g/mol. The van der Waals surface area contributed by atoms with Crippen LogP contribution in [0.2, 0.25) is 0 Å². The summed E-state index contributed by atoms with van der Waals surface area (Å²) >= 11 is 0. The molecule has 1 amide bonds. The Bertz CT molecular complexity index is 1190. The number of amides is 1. The topological polar surface area (TPSA) is 91.5 Å². The molecule has 0 spiro atoms. The maximum absolute atomic E-state index is 13.4. The number of nitrogens with two attached hydrogens (primary N) is 1. The molecule has 11 heteroatoms. The van der Waals surface area contributed by atoms with Gasteiger partial charge in [0.25, 0.3) is 0 Å². The van der Waals surface area contributed by atoms with E-state index in [-0.39, 0.29) is 23.6 Å². The fourth-order valence-corrected chi connectivity index (χ4v) is 5.38. The minimum absolute atomic E-state index is 0.0577. The predicted octanol–water partition coefficient (Wildman–Crippen LogP) is 2.82. The number of hydrogen-bond acceptors (Lipinski definition) is 7. The van der Waals surface area contributed by atoms with Crippen molar-refractivity contribution in [1.29, 1.82) is 0 Å². The number of fused-ring (bicyclic) bond motifs is 3. The highest BCUT2D eigenvalue weighted by atomic mass is 19.4. The van der Waals surface area contributed by atoms with Crippen LogP contribution in [-0.2, 0) is 11.0 Å². The monoisotopic (exact) mass is 457 g/mol. The molecule has 4 bridgehead atoms. The molecular formula is C22H22F3N7O. The van der Waals surface area contributed by atoms with E-state index in [1.807, 2.05) is 16.0 Å². The highest BCUT2D eigenvalue weighted by molar-refractivity contribution is 5.75. The first-order valence-corrected chi connectivity index (χ1v) is 10.9. The second kappa shape index (κ2) is 6.82. The summed E-state index contributed by atoms with van der Waals surface area (Å²) in [7, 11) is 0. The van der Waals surface area contributed by atoms with Crippen LogP contribution in [0.25, 0.3) is 11.3 Å². The van der Waals surface area contributed by atoms with Gasteiger partial charge >= 0.3 is 6.18 Å². The summed E-state index contributed by atoms with van der Waals surface area (Å²) in [6.45, 7) is 2.83. The molecule has 2 aromatic rings. The Labute approximate surface area is 187 Å². The molecule has 0 unspecified atom stereocenters. The molecule has 2 saturated heterocycles. The van der Waals surface area contributed by atoms with E-state index in [4.69, 9.17) is 10.7 Å². The van der Waals surface area contributed by atoms with Gasteiger partial charge in [-0.2, -0.15) is 18.2 Å². The van der Waals surface area contributed by atoms with Gasteiger partial charge in [-0.3, -0.25) is 4.79 Å². The van der Waals surface area contributed by atoms with Crippen LogP contribution in [0.1, 0.15) is 31.7 Å². The third kappa shape index (κ3) is 3.20. The second-order valence-corrected chi connectivity index (χ2v) is 9.19. The third-order valence-corrected chi connectivity index (χ3v) is 7.10. The van der Waals surface area contributed by atoms with Crippen molar-refractivity contribution in [3.63, 3.8) is 0 Å². The van der Waals surface area contributed by atoms with Crippen LogP contribution in [-0.4, -0.2) is 57.0 Å². The molecule has 1 aliphatic carbocycles. The third-order valence-electron chi connectivity index (χ3n) is 7.10. The zero-order valence-electron chi connectivity index (χ0n) is 17.9. The number of nitrogens with zero attached hydrogens (tertiary/aromatic N) is 6. The quantitative estimate of drug-likeness (QED) is 0.758. The summed E-state index contributed by atoms with van der Waals surface area (Å²) in [5.74, 6) is 0.615. The summed E-state index contributed by atoms with van der Waals surface area (Å²) in [6.07, 6.45) is 1.52. The zero-order valence-corrected chi connectivity index (χ0v) is 17.9. The Morgan fingerprint density at radius 1 is 1.12 bits per heavy atom. The first-order chi connectivity index (χ1) is 15.7. The lowest BCUT2D eigenvalue weighted by atomic mass is 9.91. The van der Waals surface area contributed by atoms with E-state index in [1.54, 1.807) is 13.0 Å². The molecule has 8 nitrogen and oxygen atoms in total. The zero-order chi connectivity index (χ0) is 23.1. The van der Waals surface area contributed by atoms with E-state index in [2.05, 4.69) is 14.9 Å². The first kappa shape index (κ1) is 20.3. The molecule has 2 N–H and O–H groups in total. The normalized spacial score (nSPS) is 23.9. The first-order valence-electron chi connectivity index (χ1n) is 10.9. The van der Waals surface area contributed by atoms with Gasteiger partial charge in [-0.15, -0.1) is 0 Å². The molecular weight excluding hydrogens is 435 g/mol. The van der Waals surface area contributed by atoms with Crippen LogP contribution in [0, 0.1) is 0 Å². The van der Waals surface area contributed by atoms with E-state index in [0.717, 1.165) is 25.3 Å². The highest BCUT2D eigenvalue weighted by Gasteiger charge is 2.45. The van der Waals surface area contributed by atoms with E-state index >= 15 is 0 Å². The molecule has 4 aliphatic heterocycles. The number of halogens is 3. The number of piperazine rings is 1. The average Bonchev–Trinajstić information content (AvgIpc) is 3.51. The second-order valence-electron chi connectivity index (χ2n) is 9.19. The summed E-state index contributed by atoms with van der Waals surface area (Å²) in [4.78, 5) is 31.1. The SMILES string of the molecule is CC(=O)N1C[C@@H]2C[C@H]1CN2c1cc(-c2cnc(N)c(C(F)(F)F)c2)nc(N2C=C3CC2C3)n1. The van der Waals surface area contributed by atoms with Gasteiger partial charge in [0.15, 0.2) is 0 Å². The molecule has 5 aliphatic rings. The lowest BCUT2D eigenvalue weighted by Crippen LogP contribution is -2.48. The van der Waals surface area contributed by atoms with Gasteiger partial charge in [-0.1, -0.05) is 0 Å². The number of anilines is 3. The van der Waals surface area contributed by atoms with Gasteiger partial charge in [-0.05, 0) is 30.9 Å². The minimum atomic E-state index is -4.61. The fraction of sp³-hybridized carbons (Fsp3) is 0.455. The van der Waals surface area contributed by atoms with Crippen molar-refractivity contribution in [2.24, 2.45) is 0 Å². The molecule has 1 saturated carbocycles. The van der Waals surface area contributed by atoms with Gasteiger partial charge in [0.05, 0.1) is 23.3 Å². The van der Waals surface area contributed by atoms with E-state index in [9.17, 15) is 18.0 Å². The van der Waals surface area contributed by atoms with Gasteiger partial charge in [0, 0.05) is 50.1 Å². The van der Waals surface area contributed by atoms with E-state index < -0.39 is 17.6 Å². The van der Waals surface area contributed by atoms with E-state index in [0.29, 0.717) is 36.6 Å². The Balaban J connectivity index is 1.41. The molecule has 2 atom stereocenters. The number of aromatic nitrogens is 3. The predicted molar refractivity (Wildman–Crippen MR) is 115 cm³/mol. The van der Waals surface area contributed by atoms with Gasteiger partial charge in [0.2, 0.25) is 11.9 Å². The molecule has 33 heavy (non-hydrogen) atoms. The molecule has 6 heterocycles. The standard InChI is InChI=1S/C22H22F3N7O/c1-11(33)30-9-16-5-15(30)10-31(16)19-6-18(13-4-17(22(23,24)25)20(26)27-7-13)28-21(29-19)32-8-12-2-14(32)3-12/h4,6-8,14-16H,2-3,5,9-10H2,1H3,(H2,26,27)/t15-,16-/m0/s1. The number of carbonyl (C=O) groups excluding carboxylic acids is 1. The van der Waals surface area contributed by atoms with Crippen LogP contribution in [0.15, 0.2) is 30.1 Å². The smallest absolute Gasteiger partial charge is 0.383 e. The molecule has 0 radical (unpaired) electrons. The number of pyridine rings is 1. The van der Waals surface area contributed by atoms with Crippen molar-refractivity contribution < 1.29 is 18.0 Å². The number of carbonyl (C=O) groups is 1. The number of hydrogen-bond donors (Lipinski definition) is 1. The van der Waals surface area contributed by atoms with Crippen LogP contribution >= 0.6 is 0 Å². The van der Waals surface area contributed by atoms with Crippen LogP contribution in [0.5, 0.6) is 0 Å². The summed E-state index contributed by atoms with van der Waals surface area (Å²) in [5.41, 5.74) is 6.43. The summed E-state index contributed by atoms with van der Waals surface area (Å²) in [6, 6.07) is 3.24. The fourth-order valence-electron chi connectivity index (χ4n) is 5.38. The molecule has 172 valence electrons. The lowest BCUT2D eigenvalue weighted by Gasteiger charge is -2.35. The lowest BCUT2D eigenvalue weighted by molar-refractivity contribution is -0.137. The Kier molecular flexibility index (Phi) is 4.18. The molecule has 0 aromatic carbocycles. The van der Waals surface area contributed by atoms with Gasteiger partial charge < -0.3 is 20.4 Å². The summed E-state index contributed by atoms with van der Waals surface area (Å²) < 4.78 is 40.3. The van der Waals surface area contributed by atoms with Crippen molar-refractivity contribution in [2.45, 2.75) is 50.5 Å². The maximum Gasteiger partial charge on any atom is 0.419 e. The number of likely N-dealkylation sites (tertiary alicyclic amines) is 1. The maximum atomic E-state index is 13.4. The molecule has 7 rings (SSSR count). The van der Waals surface area contributed by atoms with Crippen LogP contribution in [0.4, 0.5) is 30.8 Å². The number of alkyl halides is 3. The van der Waals surface area contributed by atoms with Crippen molar-refractivity contribution >= 4 is 23.5 Å². The van der Waals surface area contributed by atoms with Crippen molar-refractivity contribution in [2.75, 3.05) is 28.6 Å². The largest absolute Gasteiger partial charge is 0.419 e. The van der Waals surface area contributed by atoms with Crippen molar-refractivity contribution in [3.8, 4) is 11.3 Å². The van der Waals surface area contributed by atoms with Gasteiger partial charge in [-0.25, -0.2) is 9.97 Å². The van der Waals surface area contributed by atoms with Crippen molar-refractivity contribution in [3.05, 3.63) is 35.7 Å².